The lowest BCUT2D eigenvalue weighted by atomic mass is 9.99. The third-order valence-corrected chi connectivity index (χ3v) is 17.6. The normalized spacial score (nSPS) is 14.3. The minimum absolute atomic E-state index is 0.218. The molecule has 3 aliphatic rings. The van der Waals surface area contributed by atoms with Gasteiger partial charge in [-0.3, -0.25) is 33.2 Å². The number of halogens is 1. The highest BCUT2D eigenvalue weighted by atomic mass is 79.9. The zero-order valence-corrected chi connectivity index (χ0v) is 53.0. The van der Waals surface area contributed by atoms with Crippen LogP contribution < -0.4 is 0 Å². The highest BCUT2D eigenvalue weighted by Gasteiger charge is 2.35. The number of aliphatic carboxylic acids is 1. The number of alkyl halides is 1. The van der Waals surface area contributed by atoms with Gasteiger partial charge in [0.1, 0.15) is 31.3 Å². The standard InChI is InChI=1S/C22H25N3O2S.C20H21N3O2S.C16H15N3S.C6H11BrO2/c1-5-27-20(26)22(3,4)28-21-24-23-14(2)25(21)19-13-12-16(15-10-11-15)17-8-6-7-9-18(17)19;1-12-21-22-19(26-20(2,3)18(24)25)23(12)17-11-10-14(13-8-9-13)15-6-4-5-7-16(15)17;1-10-17-18-16(20)19(10)15-9-8-12(11-6-7-11)13-4-2-3-5-14(13)15;1-4-9-5(8)6(2,3)7/h6-9,12-13,15H,5,10-11H2,1-4H3;4-7,10-11,13H,8-9H2,1-3H3,(H,24,25);2-5,8-9,11H,6-7H2,1H3,(H,18,20);4H2,1-3H3. The largest absolute Gasteiger partial charge is 0.480 e. The molecule has 3 aromatic heterocycles. The number of carbonyl (C=O) groups is 3. The minimum atomic E-state index is -0.985. The zero-order chi connectivity index (χ0) is 59.5. The van der Waals surface area contributed by atoms with E-state index in [1.54, 1.807) is 34.6 Å². The van der Waals surface area contributed by atoms with Crippen LogP contribution in [0.2, 0.25) is 0 Å². The van der Waals surface area contributed by atoms with Crippen LogP contribution in [0.4, 0.5) is 0 Å². The van der Waals surface area contributed by atoms with E-state index in [9.17, 15) is 19.5 Å². The molecule has 2 N–H and O–H groups in total. The Morgan fingerprint density at radius 2 is 0.892 bits per heavy atom. The van der Waals surface area contributed by atoms with Crippen molar-refractivity contribution in [2.45, 2.75) is 157 Å². The molecular formula is C64H72BrN9O6S3. The first-order valence-corrected chi connectivity index (χ1v) is 31.1. The molecule has 19 heteroatoms. The maximum absolute atomic E-state index is 12.4. The first-order valence-electron chi connectivity index (χ1n) is 28.2. The summed E-state index contributed by atoms with van der Waals surface area (Å²) in [5.74, 6) is 3.18. The Kier molecular flexibility index (Phi) is 18.5. The number of aryl methyl sites for hydroxylation is 3. The Bertz CT molecular complexity index is 3920. The van der Waals surface area contributed by atoms with E-state index in [0.717, 1.165) is 45.8 Å². The van der Waals surface area contributed by atoms with Crippen molar-refractivity contribution in [2.75, 3.05) is 13.2 Å². The van der Waals surface area contributed by atoms with E-state index in [-0.39, 0.29) is 11.9 Å². The van der Waals surface area contributed by atoms with E-state index < -0.39 is 19.8 Å². The third-order valence-electron chi connectivity index (χ3n) is 14.7. The number of carboxylic acids is 1. The lowest BCUT2D eigenvalue weighted by Gasteiger charge is -2.22. The summed E-state index contributed by atoms with van der Waals surface area (Å²) in [6.07, 6.45) is 7.67. The van der Waals surface area contributed by atoms with Gasteiger partial charge in [0.15, 0.2) is 15.1 Å². The van der Waals surface area contributed by atoms with Crippen LogP contribution in [0.15, 0.2) is 120 Å². The highest BCUT2D eigenvalue weighted by molar-refractivity contribution is 9.10. The number of rotatable bonds is 15. The Labute approximate surface area is 506 Å². The predicted octanol–water partition coefficient (Wildman–Crippen LogP) is 15.6. The van der Waals surface area contributed by atoms with Gasteiger partial charge in [0.25, 0.3) is 0 Å². The molecule has 15 nitrogen and oxygen atoms in total. The van der Waals surface area contributed by atoms with Crippen molar-refractivity contribution < 1.29 is 29.0 Å². The molecule has 9 aromatic rings. The van der Waals surface area contributed by atoms with Gasteiger partial charge in [0, 0.05) is 16.2 Å². The fourth-order valence-corrected chi connectivity index (χ4v) is 12.3. The van der Waals surface area contributed by atoms with Gasteiger partial charge in [-0.1, -0.05) is 130 Å². The smallest absolute Gasteiger partial charge is 0.322 e. The van der Waals surface area contributed by atoms with Crippen LogP contribution >= 0.6 is 51.7 Å². The molecule has 6 aromatic carbocycles. The van der Waals surface area contributed by atoms with Crippen LogP contribution in [-0.2, 0) is 23.9 Å². The van der Waals surface area contributed by atoms with Crippen molar-refractivity contribution in [3.63, 3.8) is 0 Å². The molecule has 0 saturated heterocycles. The Balaban J connectivity index is 0.000000141. The quantitative estimate of drug-likeness (QED) is 0.0427. The topological polar surface area (TPSA) is 185 Å². The molecule has 0 radical (unpaired) electrons. The molecule has 0 atom stereocenters. The molecule has 434 valence electrons. The Hall–Kier alpha value is -6.67. The second-order valence-corrected chi connectivity index (χ2v) is 28.1. The van der Waals surface area contributed by atoms with Gasteiger partial charge in [0.2, 0.25) is 0 Å². The maximum atomic E-state index is 12.4. The van der Waals surface area contributed by atoms with E-state index in [0.29, 0.717) is 40.1 Å². The van der Waals surface area contributed by atoms with Crippen molar-refractivity contribution in [2.24, 2.45) is 0 Å². The van der Waals surface area contributed by atoms with E-state index >= 15 is 0 Å². The van der Waals surface area contributed by atoms with Crippen LogP contribution in [0, 0.1) is 25.5 Å². The van der Waals surface area contributed by atoms with E-state index in [2.05, 4.69) is 150 Å². The van der Waals surface area contributed by atoms with Crippen LogP contribution in [0.5, 0.6) is 0 Å². The summed E-state index contributed by atoms with van der Waals surface area (Å²) < 4.78 is 14.3. The SMILES string of the molecule is CCOC(=O)C(C)(C)Br.CCOC(=O)C(C)(C)Sc1nnc(C)n1-c1ccc(C2CC2)c2ccccc12.Cc1n[nH]c(=S)n1-c1ccc(C2CC2)c2ccccc12.Cc1nnc(SC(C)(C)C(=O)O)n1-c1ccc(C2CC2)c2ccccc12. The number of aromatic nitrogens is 9. The summed E-state index contributed by atoms with van der Waals surface area (Å²) in [7, 11) is 0. The van der Waals surface area contributed by atoms with Crippen molar-refractivity contribution in [1.29, 1.82) is 0 Å². The molecule has 0 spiro atoms. The number of nitrogens with zero attached hydrogens (tertiary/aromatic N) is 8. The van der Waals surface area contributed by atoms with Crippen LogP contribution in [0.1, 0.15) is 146 Å². The molecule has 12 rings (SSSR count). The fraction of sp³-hybridized carbons (Fsp3) is 0.391. The van der Waals surface area contributed by atoms with E-state index in [1.807, 2.05) is 61.3 Å². The summed E-state index contributed by atoms with van der Waals surface area (Å²) in [5.41, 5.74) is 7.44. The first kappa shape index (κ1) is 60.9. The average Bonchev–Trinajstić information content (AvgIpc) is 4.20. The number of carboxylic acid groups (broad SMARTS) is 1. The van der Waals surface area contributed by atoms with Gasteiger partial charge < -0.3 is 14.6 Å². The number of thioether (sulfide) groups is 2. The van der Waals surface area contributed by atoms with Crippen molar-refractivity contribution in [3.8, 4) is 17.1 Å². The number of H-pyrrole nitrogens is 1. The molecular weight excluding hydrogens is 1170 g/mol. The second-order valence-electron chi connectivity index (χ2n) is 22.6. The number of hydrogen-bond acceptors (Lipinski definition) is 13. The van der Waals surface area contributed by atoms with Crippen LogP contribution in [-0.4, -0.2) is 94.3 Å². The lowest BCUT2D eigenvalue weighted by molar-refractivity contribution is -0.145. The van der Waals surface area contributed by atoms with Crippen LogP contribution in [0.25, 0.3) is 49.4 Å². The molecule has 0 unspecified atom stereocenters. The second kappa shape index (κ2) is 25.3. The predicted molar refractivity (Wildman–Crippen MR) is 338 cm³/mol. The lowest BCUT2D eigenvalue weighted by Crippen LogP contribution is -2.30. The molecule has 83 heavy (non-hydrogen) atoms. The molecule has 0 bridgehead atoms. The molecule has 0 aliphatic heterocycles. The number of benzene rings is 6. The van der Waals surface area contributed by atoms with Gasteiger partial charge in [-0.15, -0.1) is 20.4 Å². The first-order chi connectivity index (χ1) is 39.5. The van der Waals surface area contributed by atoms with Gasteiger partial charge in [0.05, 0.1) is 30.3 Å². The van der Waals surface area contributed by atoms with Crippen LogP contribution in [0.3, 0.4) is 0 Å². The molecule has 3 aliphatic carbocycles. The fourth-order valence-electron chi connectivity index (χ4n) is 9.94. The van der Waals surface area contributed by atoms with Gasteiger partial charge in [-0.05, 0) is 196 Å². The Morgan fingerprint density at radius 1 is 0.542 bits per heavy atom. The number of esters is 2. The summed E-state index contributed by atoms with van der Waals surface area (Å²) in [5, 5.41) is 42.4. The number of carbonyl (C=O) groups excluding carboxylic acids is 2. The third kappa shape index (κ3) is 13.8. The van der Waals surface area contributed by atoms with Crippen molar-refractivity contribution in [1.82, 2.24) is 44.3 Å². The number of nitrogens with one attached hydrogen (secondary N) is 1. The minimum Gasteiger partial charge on any atom is -0.480 e. The number of ether oxygens (including phenoxy) is 2. The monoisotopic (exact) mass is 1240 g/mol. The number of hydrogen-bond donors (Lipinski definition) is 2. The summed E-state index contributed by atoms with van der Waals surface area (Å²) >= 11 is 11.1. The number of aromatic amines is 1. The molecule has 3 saturated carbocycles. The summed E-state index contributed by atoms with van der Waals surface area (Å²) in [6, 6.07) is 38.6. The Morgan fingerprint density at radius 3 is 1.20 bits per heavy atom. The molecule has 3 fully saturated rings. The average molecular weight is 1240 g/mol. The summed E-state index contributed by atoms with van der Waals surface area (Å²) in [4.78, 5) is 34.7. The molecule has 3 heterocycles. The van der Waals surface area contributed by atoms with Crippen molar-refractivity contribution >= 4 is 102 Å². The maximum Gasteiger partial charge on any atom is 0.322 e. The number of fused-ring (bicyclic) bond motifs is 3. The molecule has 0 amide bonds. The van der Waals surface area contributed by atoms with E-state index in [4.69, 9.17) is 21.7 Å². The van der Waals surface area contributed by atoms with Gasteiger partial charge in [-0.2, -0.15) is 5.10 Å². The van der Waals surface area contributed by atoms with E-state index in [1.165, 1.54) is 106 Å². The van der Waals surface area contributed by atoms with Gasteiger partial charge >= 0.3 is 17.9 Å². The zero-order valence-electron chi connectivity index (χ0n) is 49.0. The van der Waals surface area contributed by atoms with Crippen molar-refractivity contribution in [3.05, 3.63) is 148 Å². The highest BCUT2D eigenvalue weighted by Crippen LogP contribution is 2.47. The van der Waals surface area contributed by atoms with Gasteiger partial charge in [-0.25, -0.2) is 0 Å². The summed E-state index contributed by atoms with van der Waals surface area (Å²) in [6.45, 7) is 20.8.